The van der Waals surface area contributed by atoms with Crippen molar-refractivity contribution in [3.8, 4) is 0 Å². The lowest BCUT2D eigenvalue weighted by molar-refractivity contribution is -0.113. The number of likely N-dealkylation sites (tertiary alicyclic amines) is 1. The van der Waals surface area contributed by atoms with Crippen molar-refractivity contribution in [3.05, 3.63) is 35.9 Å². The van der Waals surface area contributed by atoms with Gasteiger partial charge >= 0.3 is 0 Å². The Hall–Kier alpha value is -1.19. The third kappa shape index (κ3) is 2.65. The number of piperidine rings is 1. The second-order valence-corrected chi connectivity index (χ2v) is 6.36. The molecule has 2 fully saturated rings. The van der Waals surface area contributed by atoms with Gasteiger partial charge in [-0.05, 0) is 49.4 Å². The Labute approximate surface area is 123 Å². The summed E-state index contributed by atoms with van der Waals surface area (Å²) in [6, 6.07) is 9.41. The maximum atomic E-state index is 12.1. The van der Waals surface area contributed by atoms with Crippen LogP contribution in [-0.2, 0) is 4.79 Å². The van der Waals surface area contributed by atoms with E-state index >= 15 is 0 Å². The minimum Gasteiger partial charge on any atom is -0.296 e. The quantitative estimate of drug-likeness (QED) is 0.632. The van der Waals surface area contributed by atoms with Crippen molar-refractivity contribution in [2.24, 2.45) is 11.3 Å². The molecule has 3 rings (SSSR count). The third-order valence-electron chi connectivity index (χ3n) is 4.78. The van der Waals surface area contributed by atoms with E-state index in [4.69, 9.17) is 11.6 Å². The van der Waals surface area contributed by atoms with Crippen molar-refractivity contribution in [1.29, 1.82) is 0 Å². The van der Waals surface area contributed by atoms with Crippen LogP contribution in [0.25, 0.3) is 0 Å². The summed E-state index contributed by atoms with van der Waals surface area (Å²) in [4.78, 5) is 25.6. The molecule has 0 N–H and O–H groups in total. The Balaban J connectivity index is 1.53. The summed E-state index contributed by atoms with van der Waals surface area (Å²) in [5, 5.41) is -0.182. The molecule has 0 amide bonds. The molecule has 4 heteroatoms. The summed E-state index contributed by atoms with van der Waals surface area (Å²) in [6.07, 6.45) is 2.91. The minimum atomic E-state index is -0.182. The molecule has 1 saturated heterocycles. The van der Waals surface area contributed by atoms with Gasteiger partial charge in [-0.15, -0.1) is 0 Å². The molecular formula is C16H18ClNO2. The number of Topliss-reactive ketones (excluding diaryl/α,β-unsaturated/α-hetero) is 1. The van der Waals surface area contributed by atoms with Gasteiger partial charge in [-0.2, -0.15) is 0 Å². The van der Waals surface area contributed by atoms with E-state index < -0.39 is 0 Å². The van der Waals surface area contributed by atoms with Crippen LogP contribution < -0.4 is 0 Å². The van der Waals surface area contributed by atoms with Crippen LogP contribution in [-0.4, -0.2) is 35.6 Å². The molecule has 0 aromatic heterocycles. The highest BCUT2D eigenvalue weighted by molar-refractivity contribution is 6.64. The normalized spacial score (nSPS) is 24.6. The monoisotopic (exact) mass is 291 g/mol. The molecule has 1 heterocycles. The predicted molar refractivity (Wildman–Crippen MR) is 77.8 cm³/mol. The molecule has 20 heavy (non-hydrogen) atoms. The zero-order valence-corrected chi connectivity index (χ0v) is 12.1. The number of ketones is 1. The number of nitrogens with zero attached hydrogens (tertiary/aromatic N) is 1. The Morgan fingerprint density at radius 2 is 1.85 bits per heavy atom. The van der Waals surface area contributed by atoms with Crippen LogP contribution in [0.15, 0.2) is 30.3 Å². The molecule has 0 bridgehead atoms. The maximum Gasteiger partial charge on any atom is 0.225 e. The van der Waals surface area contributed by atoms with Crippen LogP contribution in [0.2, 0.25) is 0 Å². The van der Waals surface area contributed by atoms with Crippen LogP contribution in [0.1, 0.15) is 29.6 Å². The van der Waals surface area contributed by atoms with Gasteiger partial charge in [-0.25, -0.2) is 0 Å². The van der Waals surface area contributed by atoms with Gasteiger partial charge in [0.05, 0.1) is 6.54 Å². The summed E-state index contributed by atoms with van der Waals surface area (Å²) >= 11 is 5.59. The highest BCUT2D eigenvalue weighted by atomic mass is 35.5. The Morgan fingerprint density at radius 1 is 1.20 bits per heavy atom. The largest absolute Gasteiger partial charge is 0.296 e. The zero-order valence-electron chi connectivity index (χ0n) is 11.3. The van der Waals surface area contributed by atoms with Crippen molar-refractivity contribution in [3.63, 3.8) is 0 Å². The zero-order chi connectivity index (χ0) is 14.2. The molecule has 3 nitrogen and oxygen atoms in total. The summed E-state index contributed by atoms with van der Waals surface area (Å²) < 4.78 is 0. The Bertz CT molecular complexity index is 521. The molecule has 1 aromatic rings. The van der Waals surface area contributed by atoms with E-state index in [2.05, 4.69) is 4.90 Å². The number of carbonyl (C=O) groups is 2. The molecule has 1 aliphatic carbocycles. The van der Waals surface area contributed by atoms with Crippen LogP contribution in [0.4, 0.5) is 0 Å². The topological polar surface area (TPSA) is 37.4 Å². The molecule has 1 saturated carbocycles. The number of carbonyl (C=O) groups excluding carboxylic acids is 2. The minimum absolute atomic E-state index is 0.0659. The van der Waals surface area contributed by atoms with E-state index in [0.717, 1.165) is 37.9 Å². The highest BCUT2D eigenvalue weighted by Gasteiger charge is 2.57. The molecule has 1 aliphatic heterocycles. The van der Waals surface area contributed by atoms with Gasteiger partial charge in [-0.1, -0.05) is 30.3 Å². The van der Waals surface area contributed by atoms with Gasteiger partial charge in [0.2, 0.25) is 5.24 Å². The first-order valence-electron chi connectivity index (χ1n) is 7.11. The molecule has 0 radical (unpaired) electrons. The first-order chi connectivity index (χ1) is 9.61. The smallest absolute Gasteiger partial charge is 0.225 e. The van der Waals surface area contributed by atoms with Crippen LogP contribution in [0.3, 0.4) is 0 Å². The average molecular weight is 292 g/mol. The number of hydrogen-bond acceptors (Lipinski definition) is 3. The highest BCUT2D eigenvalue weighted by Crippen LogP contribution is 2.60. The van der Waals surface area contributed by atoms with Crippen molar-refractivity contribution in [1.82, 2.24) is 4.90 Å². The van der Waals surface area contributed by atoms with E-state index in [1.165, 1.54) is 0 Å². The van der Waals surface area contributed by atoms with Gasteiger partial charge in [0.15, 0.2) is 5.78 Å². The van der Waals surface area contributed by atoms with E-state index in [-0.39, 0.29) is 22.4 Å². The number of halogens is 1. The van der Waals surface area contributed by atoms with Crippen molar-refractivity contribution in [2.45, 2.75) is 19.3 Å². The summed E-state index contributed by atoms with van der Waals surface area (Å²) in [7, 11) is 0. The standard InChI is InChI=1S/C16H18ClNO2/c17-15(20)13-10-16(13)6-8-18(9-7-16)11-14(19)12-4-2-1-3-5-12/h1-5,13H,6-11H2. The third-order valence-corrected chi connectivity index (χ3v) is 5.04. The summed E-state index contributed by atoms with van der Waals surface area (Å²) in [6.45, 7) is 2.25. The first-order valence-corrected chi connectivity index (χ1v) is 7.48. The second kappa shape index (κ2) is 5.30. The second-order valence-electron chi connectivity index (χ2n) is 5.99. The Morgan fingerprint density at radius 3 is 2.40 bits per heavy atom. The predicted octanol–water partition coefficient (Wildman–Crippen LogP) is 2.74. The molecule has 1 unspecified atom stereocenters. The fraction of sp³-hybridized carbons (Fsp3) is 0.500. The molecule has 106 valence electrons. The summed E-state index contributed by atoms with van der Waals surface area (Å²) in [5.41, 5.74) is 0.929. The molecule has 1 atom stereocenters. The van der Waals surface area contributed by atoms with Gasteiger partial charge in [0, 0.05) is 11.5 Å². The van der Waals surface area contributed by atoms with Gasteiger partial charge < -0.3 is 0 Å². The van der Waals surface area contributed by atoms with Crippen LogP contribution in [0, 0.1) is 11.3 Å². The molecular weight excluding hydrogens is 274 g/mol. The van der Waals surface area contributed by atoms with Crippen molar-refractivity contribution < 1.29 is 9.59 Å². The SMILES string of the molecule is O=C(CN1CCC2(CC1)CC2C(=O)Cl)c1ccccc1. The lowest BCUT2D eigenvalue weighted by Crippen LogP contribution is -2.38. The Kier molecular flexibility index (Phi) is 3.65. The maximum absolute atomic E-state index is 12.1. The number of benzene rings is 1. The molecule has 2 aliphatic rings. The lowest BCUT2D eigenvalue weighted by atomic mass is 9.91. The van der Waals surface area contributed by atoms with Crippen molar-refractivity contribution in [2.75, 3.05) is 19.6 Å². The van der Waals surface area contributed by atoms with Gasteiger partial charge in [0.1, 0.15) is 0 Å². The lowest BCUT2D eigenvalue weighted by Gasteiger charge is -2.32. The average Bonchev–Trinajstić information content (AvgIpc) is 3.17. The van der Waals surface area contributed by atoms with Crippen molar-refractivity contribution >= 4 is 22.6 Å². The fourth-order valence-electron chi connectivity index (χ4n) is 3.30. The number of hydrogen-bond donors (Lipinski definition) is 0. The van der Waals surface area contributed by atoms with E-state index in [9.17, 15) is 9.59 Å². The van der Waals surface area contributed by atoms with Gasteiger partial charge in [0.25, 0.3) is 0 Å². The summed E-state index contributed by atoms with van der Waals surface area (Å²) in [5.74, 6) is 0.235. The number of rotatable bonds is 4. The van der Waals surface area contributed by atoms with E-state index in [1.807, 2.05) is 30.3 Å². The van der Waals surface area contributed by atoms with Crippen LogP contribution in [0.5, 0.6) is 0 Å². The fourth-order valence-corrected chi connectivity index (χ4v) is 3.60. The first kappa shape index (κ1) is 13.8. The van der Waals surface area contributed by atoms with E-state index in [0.29, 0.717) is 6.54 Å². The molecule has 1 spiro atoms. The molecule has 1 aromatic carbocycles. The van der Waals surface area contributed by atoms with Crippen LogP contribution >= 0.6 is 11.6 Å². The van der Waals surface area contributed by atoms with Gasteiger partial charge in [-0.3, -0.25) is 14.5 Å². The van der Waals surface area contributed by atoms with E-state index in [1.54, 1.807) is 0 Å².